The lowest BCUT2D eigenvalue weighted by molar-refractivity contribution is -0.130. The van der Waals surface area contributed by atoms with Crippen LogP contribution in [0.2, 0.25) is 0 Å². The minimum Gasteiger partial charge on any atom is -0.368 e. The second-order valence-electron chi connectivity index (χ2n) is 7.83. The maximum absolute atomic E-state index is 13.3. The molecule has 4 rings (SSSR count). The van der Waals surface area contributed by atoms with Crippen molar-refractivity contribution in [2.45, 2.75) is 51.2 Å². The highest BCUT2D eigenvalue weighted by molar-refractivity contribution is 5.80. The van der Waals surface area contributed by atoms with Gasteiger partial charge in [0.15, 0.2) is 0 Å². The molecule has 1 aromatic heterocycles. The molecule has 1 unspecified atom stereocenters. The zero-order valence-electron chi connectivity index (χ0n) is 17.1. The van der Waals surface area contributed by atoms with Crippen molar-refractivity contribution in [1.82, 2.24) is 14.9 Å². The monoisotopic (exact) mass is 409 g/mol. The van der Waals surface area contributed by atoms with Crippen LogP contribution in [0.5, 0.6) is 0 Å². The summed E-state index contributed by atoms with van der Waals surface area (Å²) in [6, 6.07) is 14.8. The number of halogens is 1. The lowest BCUT2D eigenvalue weighted by Gasteiger charge is -2.11. The molecule has 2 aromatic carbocycles. The van der Waals surface area contributed by atoms with E-state index in [9.17, 15) is 9.18 Å². The molecule has 6 heteroatoms. The van der Waals surface area contributed by atoms with Gasteiger partial charge in [0.1, 0.15) is 17.7 Å². The maximum Gasteiger partial charge on any atom is 0.249 e. The molecular formula is C24H28FN3O2. The number of rotatable bonds is 9. The molecule has 5 nitrogen and oxygen atoms in total. The molecule has 0 spiro atoms. The van der Waals surface area contributed by atoms with Gasteiger partial charge in [-0.3, -0.25) is 4.79 Å². The number of aryl methyl sites for hydroxylation is 1. The average Bonchev–Trinajstić information content (AvgIpc) is 3.41. The van der Waals surface area contributed by atoms with E-state index >= 15 is 0 Å². The van der Waals surface area contributed by atoms with E-state index in [1.807, 2.05) is 30.3 Å². The molecule has 0 bridgehead atoms. The fraction of sp³-hybridized carbons (Fsp3) is 0.417. The Bertz CT molecular complexity index is 978. The number of hydrogen-bond donors (Lipinski definition) is 1. The smallest absolute Gasteiger partial charge is 0.249 e. The number of carbonyl (C=O) groups excluding carboxylic acids is 1. The minimum absolute atomic E-state index is 0.0218. The molecule has 2 heterocycles. The zero-order chi connectivity index (χ0) is 20.8. The Morgan fingerprint density at radius 1 is 1.13 bits per heavy atom. The van der Waals surface area contributed by atoms with Crippen molar-refractivity contribution in [3.63, 3.8) is 0 Å². The first kappa shape index (κ1) is 20.5. The number of carbonyl (C=O) groups is 1. The largest absolute Gasteiger partial charge is 0.368 e. The summed E-state index contributed by atoms with van der Waals surface area (Å²) < 4.78 is 20.9. The number of benzene rings is 2. The molecule has 1 atom stereocenters. The summed E-state index contributed by atoms with van der Waals surface area (Å²) in [5, 5.41) is 2.98. The molecule has 1 fully saturated rings. The van der Waals surface area contributed by atoms with Crippen LogP contribution >= 0.6 is 0 Å². The van der Waals surface area contributed by atoms with E-state index in [1.165, 1.54) is 12.1 Å². The highest BCUT2D eigenvalue weighted by Crippen LogP contribution is 2.20. The molecule has 30 heavy (non-hydrogen) atoms. The Hall–Kier alpha value is -2.73. The lowest BCUT2D eigenvalue weighted by atomic mass is 10.1. The van der Waals surface area contributed by atoms with Crippen molar-refractivity contribution in [3.05, 3.63) is 65.7 Å². The van der Waals surface area contributed by atoms with Crippen LogP contribution in [0.3, 0.4) is 0 Å². The van der Waals surface area contributed by atoms with E-state index in [1.54, 1.807) is 0 Å². The highest BCUT2D eigenvalue weighted by Gasteiger charge is 2.22. The van der Waals surface area contributed by atoms with Crippen LogP contribution in [0.15, 0.2) is 48.5 Å². The molecule has 3 aromatic rings. The van der Waals surface area contributed by atoms with Crippen molar-refractivity contribution < 1.29 is 13.9 Å². The number of aromatic nitrogens is 2. The van der Waals surface area contributed by atoms with Crippen LogP contribution in [0.1, 0.15) is 43.5 Å². The normalized spacial score (nSPS) is 16.2. The molecule has 0 aliphatic carbocycles. The molecular weight excluding hydrogens is 381 g/mol. The summed E-state index contributed by atoms with van der Waals surface area (Å²) in [7, 11) is 0. The van der Waals surface area contributed by atoms with Gasteiger partial charge in [0.25, 0.3) is 0 Å². The summed E-state index contributed by atoms with van der Waals surface area (Å²) in [6.45, 7) is 2.05. The van der Waals surface area contributed by atoms with Gasteiger partial charge in [-0.2, -0.15) is 0 Å². The van der Waals surface area contributed by atoms with E-state index in [0.717, 1.165) is 60.9 Å². The molecule has 1 N–H and O–H groups in total. The summed E-state index contributed by atoms with van der Waals surface area (Å²) in [6.07, 6.45) is 5.38. The van der Waals surface area contributed by atoms with Gasteiger partial charge in [0.05, 0.1) is 11.0 Å². The van der Waals surface area contributed by atoms with E-state index < -0.39 is 0 Å². The fourth-order valence-electron chi connectivity index (χ4n) is 3.96. The van der Waals surface area contributed by atoms with Crippen molar-refractivity contribution >= 4 is 16.9 Å². The summed E-state index contributed by atoms with van der Waals surface area (Å²) in [5.41, 5.74) is 3.14. The van der Waals surface area contributed by atoms with Crippen molar-refractivity contribution in [2.24, 2.45) is 0 Å². The van der Waals surface area contributed by atoms with Crippen LogP contribution in [0.4, 0.5) is 4.39 Å². The Morgan fingerprint density at radius 3 is 2.77 bits per heavy atom. The lowest BCUT2D eigenvalue weighted by Crippen LogP contribution is -2.34. The van der Waals surface area contributed by atoms with E-state index in [0.29, 0.717) is 19.7 Å². The second-order valence-corrected chi connectivity index (χ2v) is 7.83. The molecule has 0 saturated carbocycles. The van der Waals surface area contributed by atoms with Gasteiger partial charge >= 0.3 is 0 Å². The van der Waals surface area contributed by atoms with Crippen LogP contribution in [-0.2, 0) is 22.5 Å². The summed E-state index contributed by atoms with van der Waals surface area (Å²) >= 11 is 0. The molecule has 1 aliphatic rings. The number of amides is 1. The minimum atomic E-state index is -0.253. The quantitative estimate of drug-likeness (QED) is 0.538. The fourth-order valence-corrected chi connectivity index (χ4v) is 3.96. The average molecular weight is 410 g/mol. The van der Waals surface area contributed by atoms with E-state index in [4.69, 9.17) is 9.72 Å². The molecule has 1 aliphatic heterocycles. The van der Waals surface area contributed by atoms with Gasteiger partial charge < -0.3 is 14.6 Å². The molecule has 1 saturated heterocycles. The third-order valence-corrected chi connectivity index (χ3v) is 5.59. The predicted molar refractivity (Wildman–Crippen MR) is 115 cm³/mol. The van der Waals surface area contributed by atoms with Crippen molar-refractivity contribution in [1.29, 1.82) is 0 Å². The van der Waals surface area contributed by atoms with Gasteiger partial charge in [-0.1, -0.05) is 30.7 Å². The van der Waals surface area contributed by atoms with E-state index in [2.05, 4.69) is 16.0 Å². The maximum atomic E-state index is 13.3. The van der Waals surface area contributed by atoms with Crippen LogP contribution in [0.25, 0.3) is 11.0 Å². The number of unbranched alkanes of at least 4 members (excludes halogenated alkanes) is 2. The Balaban J connectivity index is 1.32. The molecule has 158 valence electrons. The number of fused-ring (bicyclic) bond motifs is 1. The van der Waals surface area contributed by atoms with Crippen molar-refractivity contribution in [3.8, 4) is 0 Å². The first-order valence-corrected chi connectivity index (χ1v) is 10.8. The van der Waals surface area contributed by atoms with Crippen LogP contribution in [-0.4, -0.2) is 34.7 Å². The standard InChI is InChI=1S/C24H28FN3O2/c25-19-13-11-18(12-14-19)17-28-21-8-4-3-7-20(21)27-23(28)10-2-1-5-15-26-24(29)22-9-6-16-30-22/h3-4,7-8,11-14,22H,1-2,5-6,9-10,15-17H2,(H,26,29). The summed E-state index contributed by atoms with van der Waals surface area (Å²) in [4.78, 5) is 16.8. The SMILES string of the molecule is O=C(NCCCCCc1nc2ccccc2n1Cc1ccc(F)cc1)C1CCCO1. The number of imidazole rings is 1. The van der Waals surface area contributed by atoms with E-state index in [-0.39, 0.29) is 17.8 Å². The van der Waals surface area contributed by atoms with Gasteiger partial charge in [-0.15, -0.1) is 0 Å². The Kier molecular flexibility index (Phi) is 6.74. The number of ether oxygens (including phenoxy) is 1. The predicted octanol–water partition coefficient (Wildman–Crippen LogP) is 4.23. The Morgan fingerprint density at radius 2 is 1.97 bits per heavy atom. The topological polar surface area (TPSA) is 56.2 Å². The summed E-state index contributed by atoms with van der Waals surface area (Å²) in [5.74, 6) is 0.846. The molecule has 1 amide bonds. The first-order valence-electron chi connectivity index (χ1n) is 10.8. The molecule has 0 radical (unpaired) electrons. The second kappa shape index (κ2) is 9.85. The third kappa shape index (κ3) is 5.05. The van der Waals surface area contributed by atoms with Gasteiger partial charge in [-0.05, 0) is 55.5 Å². The van der Waals surface area contributed by atoms with Gasteiger partial charge in [-0.25, -0.2) is 9.37 Å². The van der Waals surface area contributed by atoms with Gasteiger partial charge in [0.2, 0.25) is 5.91 Å². The first-order chi connectivity index (χ1) is 14.7. The Labute approximate surface area is 176 Å². The zero-order valence-corrected chi connectivity index (χ0v) is 17.1. The van der Waals surface area contributed by atoms with Crippen LogP contribution < -0.4 is 5.32 Å². The number of hydrogen-bond acceptors (Lipinski definition) is 3. The van der Waals surface area contributed by atoms with Gasteiger partial charge in [0, 0.05) is 26.1 Å². The van der Waals surface area contributed by atoms with Crippen molar-refractivity contribution in [2.75, 3.05) is 13.2 Å². The van der Waals surface area contributed by atoms with Crippen LogP contribution in [0, 0.1) is 5.82 Å². The number of para-hydroxylation sites is 2. The highest BCUT2D eigenvalue weighted by atomic mass is 19.1. The third-order valence-electron chi connectivity index (χ3n) is 5.59. The number of nitrogens with zero attached hydrogens (tertiary/aromatic N) is 2. The number of nitrogens with one attached hydrogen (secondary N) is 1.